The number of amides is 2. The molecular weight excluding hydrogens is 320 g/mol. The van der Waals surface area contributed by atoms with E-state index in [9.17, 15) is 9.59 Å². The molecule has 1 spiro atoms. The lowest BCUT2D eigenvalue weighted by Gasteiger charge is -2.37. The van der Waals surface area contributed by atoms with Crippen LogP contribution in [0.1, 0.15) is 39.3 Å². The van der Waals surface area contributed by atoms with E-state index in [0.29, 0.717) is 37.3 Å². The van der Waals surface area contributed by atoms with Crippen LogP contribution in [0.3, 0.4) is 0 Å². The first-order chi connectivity index (χ1) is 10.7. The molecule has 0 atom stereocenters. The molecule has 1 saturated heterocycles. The van der Waals surface area contributed by atoms with Crippen LogP contribution in [-0.2, 0) is 14.9 Å². The number of nitrogens with one attached hydrogen (secondary N) is 1. The van der Waals surface area contributed by atoms with Crippen LogP contribution >= 0.6 is 11.6 Å². The van der Waals surface area contributed by atoms with Gasteiger partial charge in [0.2, 0.25) is 11.2 Å². The monoisotopic (exact) mass is 338 g/mol. The summed E-state index contributed by atoms with van der Waals surface area (Å²) in [7, 11) is 0. The van der Waals surface area contributed by atoms with Crippen molar-refractivity contribution >= 4 is 29.3 Å². The van der Waals surface area contributed by atoms with Crippen LogP contribution in [0, 0.1) is 0 Å². The Morgan fingerprint density at radius 3 is 2.65 bits per heavy atom. The van der Waals surface area contributed by atoms with Crippen molar-refractivity contribution in [1.29, 1.82) is 0 Å². The topological polar surface area (TPSA) is 84.4 Å². The Morgan fingerprint density at radius 2 is 2.04 bits per heavy atom. The summed E-state index contributed by atoms with van der Waals surface area (Å²) in [6.45, 7) is 6.36. The molecule has 0 aliphatic carbocycles. The third-order valence-electron chi connectivity index (χ3n) is 4.16. The van der Waals surface area contributed by atoms with Gasteiger partial charge in [0.15, 0.2) is 0 Å². The van der Waals surface area contributed by atoms with Crippen molar-refractivity contribution in [2.75, 3.05) is 18.4 Å². The lowest BCUT2D eigenvalue weighted by Crippen LogP contribution is -2.49. The number of hydrogen-bond donors (Lipinski definition) is 1. The average molecular weight is 339 g/mol. The van der Waals surface area contributed by atoms with Crippen molar-refractivity contribution < 1.29 is 14.3 Å². The molecule has 124 valence electrons. The second-order valence-corrected chi connectivity index (χ2v) is 7.24. The number of rotatable bonds is 0. The highest BCUT2D eigenvalue weighted by atomic mass is 35.5. The van der Waals surface area contributed by atoms with Gasteiger partial charge in [-0.25, -0.2) is 14.8 Å². The quantitative estimate of drug-likeness (QED) is 0.734. The highest BCUT2D eigenvalue weighted by Gasteiger charge is 2.51. The maximum atomic E-state index is 12.5. The van der Waals surface area contributed by atoms with Gasteiger partial charge in [-0.15, -0.1) is 0 Å². The molecule has 1 fully saturated rings. The number of fused-ring (bicyclic) bond motifs is 2. The van der Waals surface area contributed by atoms with Crippen molar-refractivity contribution in [2.24, 2.45) is 0 Å². The zero-order valence-corrected chi connectivity index (χ0v) is 14.1. The Morgan fingerprint density at radius 1 is 1.39 bits per heavy atom. The predicted molar refractivity (Wildman–Crippen MR) is 84.4 cm³/mol. The van der Waals surface area contributed by atoms with Crippen molar-refractivity contribution in [3.63, 3.8) is 0 Å². The molecule has 1 N–H and O–H groups in total. The van der Waals surface area contributed by atoms with E-state index in [-0.39, 0.29) is 17.3 Å². The molecule has 2 aliphatic rings. The zero-order valence-electron chi connectivity index (χ0n) is 13.4. The van der Waals surface area contributed by atoms with Gasteiger partial charge < -0.3 is 15.0 Å². The van der Waals surface area contributed by atoms with Crippen molar-refractivity contribution in [2.45, 2.75) is 44.6 Å². The second-order valence-electron chi connectivity index (χ2n) is 6.90. The van der Waals surface area contributed by atoms with E-state index in [1.54, 1.807) is 4.90 Å². The smallest absolute Gasteiger partial charge is 0.410 e. The molecule has 3 heterocycles. The van der Waals surface area contributed by atoms with Crippen LogP contribution in [0.5, 0.6) is 0 Å². The molecule has 23 heavy (non-hydrogen) atoms. The number of aromatic nitrogens is 2. The minimum atomic E-state index is -0.736. The van der Waals surface area contributed by atoms with E-state index in [4.69, 9.17) is 16.3 Å². The standard InChI is InChI=1S/C15H19ClN4O3/c1-14(2,3)23-13(22)20-6-4-15(5-7-20)10-9(18-11(15)21)8-17-12(16)19-10/h8H,4-7H2,1-3H3,(H,18,21). The number of carbonyl (C=O) groups is 2. The molecule has 3 rings (SSSR count). The van der Waals surface area contributed by atoms with Crippen molar-refractivity contribution in [1.82, 2.24) is 14.9 Å². The first-order valence-corrected chi connectivity index (χ1v) is 7.91. The minimum absolute atomic E-state index is 0.104. The Hall–Kier alpha value is -1.89. The van der Waals surface area contributed by atoms with Crippen LogP contribution in [0.2, 0.25) is 5.28 Å². The first kappa shape index (κ1) is 16.0. The van der Waals surface area contributed by atoms with Crippen LogP contribution in [0.15, 0.2) is 6.20 Å². The van der Waals surface area contributed by atoms with Gasteiger partial charge in [-0.3, -0.25) is 4.79 Å². The molecule has 0 unspecified atom stereocenters. The summed E-state index contributed by atoms with van der Waals surface area (Å²) in [6, 6.07) is 0. The van der Waals surface area contributed by atoms with E-state index < -0.39 is 11.0 Å². The Labute approximate surface area is 139 Å². The molecule has 0 bridgehead atoms. The third-order valence-corrected chi connectivity index (χ3v) is 4.35. The second kappa shape index (κ2) is 5.33. The third kappa shape index (κ3) is 2.85. The van der Waals surface area contributed by atoms with E-state index in [1.807, 2.05) is 20.8 Å². The number of carbonyl (C=O) groups excluding carboxylic acids is 2. The van der Waals surface area contributed by atoms with E-state index in [0.717, 1.165) is 0 Å². The fourth-order valence-corrected chi connectivity index (χ4v) is 3.16. The summed E-state index contributed by atoms with van der Waals surface area (Å²) in [5.74, 6) is -0.104. The number of piperidine rings is 1. The first-order valence-electron chi connectivity index (χ1n) is 7.54. The molecule has 0 aromatic carbocycles. The van der Waals surface area contributed by atoms with Gasteiger partial charge in [0.25, 0.3) is 0 Å². The number of ether oxygens (including phenoxy) is 1. The van der Waals surface area contributed by atoms with Crippen LogP contribution in [0.4, 0.5) is 10.5 Å². The molecule has 1 aromatic heterocycles. The summed E-state index contributed by atoms with van der Waals surface area (Å²) in [6.07, 6.45) is 2.14. The number of anilines is 1. The maximum Gasteiger partial charge on any atom is 0.410 e. The zero-order chi connectivity index (χ0) is 16.8. The Bertz CT molecular complexity index is 663. The molecule has 0 saturated carbocycles. The molecule has 8 heteroatoms. The maximum absolute atomic E-state index is 12.5. The molecule has 7 nitrogen and oxygen atoms in total. The SMILES string of the molecule is CC(C)(C)OC(=O)N1CCC2(CC1)C(=O)Nc1cnc(Cl)nc12. The summed E-state index contributed by atoms with van der Waals surface area (Å²) in [5.41, 5.74) is -0.0403. The van der Waals surface area contributed by atoms with Crippen LogP contribution in [0.25, 0.3) is 0 Å². The summed E-state index contributed by atoms with van der Waals surface area (Å²) < 4.78 is 5.38. The predicted octanol–water partition coefficient (Wildman–Crippen LogP) is 2.35. The van der Waals surface area contributed by atoms with E-state index >= 15 is 0 Å². The van der Waals surface area contributed by atoms with Gasteiger partial charge in [-0.1, -0.05) is 0 Å². The Kier molecular flexibility index (Phi) is 3.71. The number of nitrogens with zero attached hydrogens (tertiary/aromatic N) is 3. The van der Waals surface area contributed by atoms with E-state index in [2.05, 4.69) is 15.3 Å². The van der Waals surface area contributed by atoms with Crippen LogP contribution in [-0.4, -0.2) is 45.6 Å². The fourth-order valence-electron chi connectivity index (χ4n) is 3.03. The number of hydrogen-bond acceptors (Lipinski definition) is 5. The van der Waals surface area contributed by atoms with Gasteiger partial charge >= 0.3 is 6.09 Å². The average Bonchev–Trinajstić information content (AvgIpc) is 2.71. The van der Waals surface area contributed by atoms with Crippen LogP contribution < -0.4 is 5.32 Å². The van der Waals surface area contributed by atoms with E-state index in [1.165, 1.54) is 6.20 Å². The molecule has 1 aromatic rings. The lowest BCUT2D eigenvalue weighted by molar-refractivity contribution is -0.122. The summed E-state index contributed by atoms with van der Waals surface area (Å²) in [5, 5.41) is 2.93. The van der Waals surface area contributed by atoms with Gasteiger partial charge in [0.1, 0.15) is 5.60 Å². The number of likely N-dealkylation sites (tertiary alicyclic amines) is 1. The molecule has 2 amide bonds. The number of halogens is 1. The van der Waals surface area contributed by atoms with Gasteiger partial charge in [-0.2, -0.15) is 0 Å². The highest BCUT2D eigenvalue weighted by molar-refractivity contribution is 6.28. The normalized spacial score (nSPS) is 19.5. The van der Waals surface area contributed by atoms with Gasteiger partial charge in [0, 0.05) is 13.1 Å². The minimum Gasteiger partial charge on any atom is -0.444 e. The summed E-state index contributed by atoms with van der Waals surface area (Å²) in [4.78, 5) is 34.4. The summed E-state index contributed by atoms with van der Waals surface area (Å²) >= 11 is 5.88. The molecular formula is C15H19ClN4O3. The lowest BCUT2D eigenvalue weighted by atomic mass is 9.76. The largest absolute Gasteiger partial charge is 0.444 e. The fraction of sp³-hybridized carbons (Fsp3) is 0.600. The Balaban J connectivity index is 1.78. The molecule has 2 aliphatic heterocycles. The van der Waals surface area contributed by atoms with Crippen molar-refractivity contribution in [3.05, 3.63) is 17.2 Å². The van der Waals surface area contributed by atoms with Crippen molar-refractivity contribution in [3.8, 4) is 0 Å². The molecule has 0 radical (unpaired) electrons. The highest BCUT2D eigenvalue weighted by Crippen LogP contribution is 2.43. The van der Waals surface area contributed by atoms with Gasteiger partial charge in [-0.05, 0) is 45.2 Å². The van der Waals surface area contributed by atoms with Gasteiger partial charge in [0.05, 0.1) is 23.0 Å².